The van der Waals surface area contributed by atoms with Crippen LogP contribution >= 0.6 is 22.9 Å². The first-order chi connectivity index (χ1) is 8.70. The highest BCUT2D eigenvalue weighted by atomic mass is 35.5. The highest BCUT2D eigenvalue weighted by Gasteiger charge is 2.17. The molecule has 3 nitrogen and oxygen atoms in total. The molecular weight excluding hydrogens is 270 g/mol. The van der Waals surface area contributed by atoms with Crippen LogP contribution in [0.15, 0.2) is 47.6 Å². The largest absolute Gasteiger partial charge is 0.459 e. The van der Waals surface area contributed by atoms with Gasteiger partial charge in [0.15, 0.2) is 5.76 Å². The van der Waals surface area contributed by atoms with Gasteiger partial charge in [-0.15, -0.1) is 17.9 Å². The van der Waals surface area contributed by atoms with Crippen molar-refractivity contribution in [1.82, 2.24) is 4.90 Å². The van der Waals surface area contributed by atoms with E-state index in [1.165, 1.54) is 17.6 Å². The van der Waals surface area contributed by atoms with Gasteiger partial charge in [-0.2, -0.15) is 0 Å². The Balaban J connectivity index is 2.13. The van der Waals surface area contributed by atoms with Crippen molar-refractivity contribution in [3.05, 3.63) is 58.2 Å². The van der Waals surface area contributed by atoms with Crippen LogP contribution in [0, 0.1) is 0 Å². The van der Waals surface area contributed by atoms with E-state index in [1.807, 2.05) is 12.1 Å². The summed E-state index contributed by atoms with van der Waals surface area (Å²) in [7, 11) is 0. The highest BCUT2D eigenvalue weighted by Crippen LogP contribution is 2.23. The molecule has 2 aromatic rings. The van der Waals surface area contributed by atoms with Crippen molar-refractivity contribution in [2.75, 3.05) is 6.54 Å². The average Bonchev–Trinajstić information content (AvgIpc) is 2.99. The van der Waals surface area contributed by atoms with E-state index in [-0.39, 0.29) is 5.91 Å². The molecule has 5 heteroatoms. The second-order valence-corrected chi connectivity index (χ2v) is 5.46. The fourth-order valence-corrected chi connectivity index (χ4v) is 2.66. The topological polar surface area (TPSA) is 33.5 Å². The van der Waals surface area contributed by atoms with E-state index in [0.29, 0.717) is 23.2 Å². The number of rotatable bonds is 5. The third-order valence-corrected chi connectivity index (χ3v) is 3.56. The zero-order valence-corrected chi connectivity index (χ0v) is 11.2. The zero-order valence-electron chi connectivity index (χ0n) is 9.64. The van der Waals surface area contributed by atoms with Crippen molar-refractivity contribution in [2.24, 2.45) is 0 Å². The second kappa shape index (κ2) is 5.89. The van der Waals surface area contributed by atoms with Gasteiger partial charge in [-0.3, -0.25) is 4.79 Å². The number of thiophene rings is 1. The summed E-state index contributed by atoms with van der Waals surface area (Å²) < 4.78 is 5.83. The summed E-state index contributed by atoms with van der Waals surface area (Å²) >= 11 is 7.34. The van der Waals surface area contributed by atoms with Crippen molar-refractivity contribution in [1.29, 1.82) is 0 Å². The first kappa shape index (κ1) is 12.9. The summed E-state index contributed by atoms with van der Waals surface area (Å²) in [5, 5.41) is 0. The molecule has 0 spiro atoms. The van der Waals surface area contributed by atoms with Gasteiger partial charge in [0.1, 0.15) is 0 Å². The minimum Gasteiger partial charge on any atom is -0.459 e. The summed E-state index contributed by atoms with van der Waals surface area (Å²) in [5.41, 5.74) is 0. The Morgan fingerprint density at radius 3 is 2.89 bits per heavy atom. The van der Waals surface area contributed by atoms with E-state index in [4.69, 9.17) is 16.0 Å². The van der Waals surface area contributed by atoms with Gasteiger partial charge >= 0.3 is 0 Å². The van der Waals surface area contributed by atoms with Crippen LogP contribution in [0.2, 0.25) is 4.34 Å². The molecule has 1 amide bonds. The molecule has 0 saturated carbocycles. The van der Waals surface area contributed by atoms with Gasteiger partial charge in [0.05, 0.1) is 17.1 Å². The first-order valence-corrected chi connectivity index (χ1v) is 6.58. The summed E-state index contributed by atoms with van der Waals surface area (Å²) in [6.07, 6.45) is 3.18. The van der Waals surface area contributed by atoms with Gasteiger partial charge in [-0.05, 0) is 24.3 Å². The molecule has 2 heterocycles. The molecule has 94 valence electrons. The van der Waals surface area contributed by atoms with Crippen LogP contribution in [0.4, 0.5) is 0 Å². The molecule has 0 bridgehead atoms. The predicted octanol–water partition coefficient (Wildman–Crippen LogP) is 3.82. The van der Waals surface area contributed by atoms with Crippen LogP contribution in [-0.2, 0) is 6.54 Å². The third-order valence-electron chi connectivity index (χ3n) is 2.34. The molecule has 0 aliphatic carbocycles. The van der Waals surface area contributed by atoms with Crippen LogP contribution in [0.5, 0.6) is 0 Å². The molecule has 0 fully saturated rings. The SMILES string of the molecule is C=CCN(Cc1ccc(Cl)s1)C(=O)c1ccco1. The Bertz CT molecular complexity index is 533. The normalized spacial score (nSPS) is 10.3. The van der Waals surface area contributed by atoms with Crippen molar-refractivity contribution in [2.45, 2.75) is 6.54 Å². The zero-order chi connectivity index (χ0) is 13.0. The van der Waals surface area contributed by atoms with E-state index in [2.05, 4.69) is 6.58 Å². The number of nitrogens with zero attached hydrogens (tertiary/aromatic N) is 1. The lowest BCUT2D eigenvalue weighted by atomic mass is 10.3. The smallest absolute Gasteiger partial charge is 0.290 e. The van der Waals surface area contributed by atoms with Gasteiger partial charge in [0.25, 0.3) is 5.91 Å². The molecule has 18 heavy (non-hydrogen) atoms. The van der Waals surface area contributed by atoms with Crippen molar-refractivity contribution in [3.63, 3.8) is 0 Å². The lowest BCUT2D eigenvalue weighted by Crippen LogP contribution is -2.30. The number of carbonyl (C=O) groups excluding carboxylic acids is 1. The maximum atomic E-state index is 12.2. The number of hydrogen-bond donors (Lipinski definition) is 0. The molecule has 2 aromatic heterocycles. The van der Waals surface area contributed by atoms with Crippen LogP contribution in [0.25, 0.3) is 0 Å². The summed E-state index contributed by atoms with van der Waals surface area (Å²) in [5.74, 6) is 0.184. The van der Waals surface area contributed by atoms with Crippen LogP contribution < -0.4 is 0 Å². The monoisotopic (exact) mass is 281 g/mol. The number of hydrogen-bond acceptors (Lipinski definition) is 3. The average molecular weight is 282 g/mol. The van der Waals surface area contributed by atoms with E-state index >= 15 is 0 Å². The Kier molecular flexibility index (Phi) is 4.23. The van der Waals surface area contributed by atoms with E-state index in [0.717, 1.165) is 4.88 Å². The lowest BCUT2D eigenvalue weighted by Gasteiger charge is -2.18. The van der Waals surface area contributed by atoms with Gasteiger partial charge in [-0.25, -0.2) is 0 Å². The van der Waals surface area contributed by atoms with Gasteiger partial charge in [0, 0.05) is 11.4 Å². The van der Waals surface area contributed by atoms with E-state index in [9.17, 15) is 4.79 Å². The summed E-state index contributed by atoms with van der Waals surface area (Å²) in [6, 6.07) is 7.09. The molecule has 0 atom stereocenters. The molecule has 0 aromatic carbocycles. The molecular formula is C13H12ClNO2S. The van der Waals surface area contributed by atoms with Gasteiger partial charge in [0.2, 0.25) is 0 Å². The molecule has 0 aliphatic heterocycles. The molecule has 0 radical (unpaired) electrons. The minimum atomic E-state index is -0.149. The Labute approximate surface area is 114 Å². The highest BCUT2D eigenvalue weighted by molar-refractivity contribution is 7.16. The van der Waals surface area contributed by atoms with Gasteiger partial charge in [-0.1, -0.05) is 17.7 Å². The van der Waals surface area contributed by atoms with Crippen LogP contribution in [0.1, 0.15) is 15.4 Å². The maximum Gasteiger partial charge on any atom is 0.290 e. The Morgan fingerprint density at radius 2 is 2.33 bits per heavy atom. The van der Waals surface area contributed by atoms with Gasteiger partial charge < -0.3 is 9.32 Å². The lowest BCUT2D eigenvalue weighted by molar-refractivity contribution is 0.0732. The third kappa shape index (κ3) is 3.03. The standard InChI is InChI=1S/C13H12ClNO2S/c1-2-7-15(9-10-5-6-12(14)18-10)13(16)11-4-3-8-17-11/h2-6,8H,1,7,9H2. The number of carbonyl (C=O) groups is 1. The summed E-state index contributed by atoms with van der Waals surface area (Å²) in [4.78, 5) is 14.9. The Hall–Kier alpha value is -1.52. The van der Waals surface area contributed by atoms with E-state index < -0.39 is 0 Å². The molecule has 2 rings (SSSR count). The number of amides is 1. The molecule has 0 aliphatic rings. The quantitative estimate of drug-likeness (QED) is 0.781. The number of furan rings is 1. The second-order valence-electron chi connectivity index (χ2n) is 3.66. The van der Waals surface area contributed by atoms with Crippen molar-refractivity contribution < 1.29 is 9.21 Å². The predicted molar refractivity (Wildman–Crippen MR) is 73.0 cm³/mol. The number of halogens is 1. The van der Waals surface area contributed by atoms with Crippen LogP contribution in [0.3, 0.4) is 0 Å². The van der Waals surface area contributed by atoms with Crippen molar-refractivity contribution >= 4 is 28.8 Å². The van der Waals surface area contributed by atoms with Crippen molar-refractivity contribution in [3.8, 4) is 0 Å². The first-order valence-electron chi connectivity index (χ1n) is 5.38. The molecule has 0 saturated heterocycles. The Morgan fingerprint density at radius 1 is 1.50 bits per heavy atom. The van der Waals surface area contributed by atoms with Crippen LogP contribution in [-0.4, -0.2) is 17.4 Å². The maximum absolute atomic E-state index is 12.2. The fourth-order valence-electron chi connectivity index (χ4n) is 1.56. The minimum absolute atomic E-state index is 0.149. The van der Waals surface area contributed by atoms with E-state index in [1.54, 1.807) is 23.1 Å². The molecule has 0 unspecified atom stereocenters. The molecule has 0 N–H and O–H groups in total. The summed E-state index contributed by atoms with van der Waals surface area (Å²) in [6.45, 7) is 4.63. The fraction of sp³-hybridized carbons (Fsp3) is 0.154.